The lowest BCUT2D eigenvalue weighted by Gasteiger charge is -2.04. The van der Waals surface area contributed by atoms with E-state index in [-0.39, 0.29) is 0 Å². The van der Waals surface area contributed by atoms with Crippen LogP contribution in [0.15, 0.2) is 0 Å². The Labute approximate surface area is 147 Å². The molecule has 0 aromatic carbocycles. The molecule has 0 saturated carbocycles. The van der Waals surface area contributed by atoms with Crippen molar-refractivity contribution in [2.75, 3.05) is 13.2 Å². The van der Waals surface area contributed by atoms with Crippen LogP contribution >= 0.6 is 0 Å². The molecule has 0 atom stereocenters. The predicted octanol–water partition coefficient (Wildman–Crippen LogP) is 6.48. The van der Waals surface area contributed by atoms with Crippen LogP contribution in [0.2, 0.25) is 0 Å². The smallest absolute Gasteiger partial charge is 0.0431 e. The molecule has 0 aliphatic carbocycles. The minimum Gasteiger partial charge on any atom is -0.396 e. The van der Waals surface area contributed by atoms with Gasteiger partial charge in [-0.05, 0) is 18.8 Å². The fourth-order valence-electron chi connectivity index (χ4n) is 2.62. The molecular weight excluding hydrogens is 284 g/mol. The molecule has 0 rings (SSSR count). The zero-order chi connectivity index (χ0) is 17.6. The number of hydrogen-bond donors (Lipinski definition) is 2. The largest absolute Gasteiger partial charge is 0.396 e. The number of rotatable bonds is 16. The van der Waals surface area contributed by atoms with E-state index in [4.69, 9.17) is 10.2 Å². The van der Waals surface area contributed by atoms with Crippen LogP contribution in [0.1, 0.15) is 117 Å². The van der Waals surface area contributed by atoms with Gasteiger partial charge in [0.25, 0.3) is 0 Å². The minimum atomic E-state index is 0.367. The third-order valence-electron chi connectivity index (χ3n) is 4.20. The van der Waals surface area contributed by atoms with Crippen LogP contribution in [-0.2, 0) is 0 Å². The van der Waals surface area contributed by atoms with Gasteiger partial charge in [-0.2, -0.15) is 0 Å². The number of unbranched alkanes of at least 4 members (excludes halogenated alkanes) is 12. The monoisotopic (exact) mass is 330 g/mol. The Balaban J connectivity index is 0. The summed E-state index contributed by atoms with van der Waals surface area (Å²) in [5, 5.41) is 17.0. The molecule has 0 fully saturated rings. The Morgan fingerprint density at radius 3 is 1.22 bits per heavy atom. The maximum atomic E-state index is 8.59. The molecular formula is C21H46O2. The molecule has 2 N–H and O–H groups in total. The Hall–Kier alpha value is -0.0800. The molecule has 142 valence electrons. The van der Waals surface area contributed by atoms with E-state index in [9.17, 15) is 0 Å². The second-order valence-electron chi connectivity index (χ2n) is 7.23. The first kappa shape index (κ1) is 25.2. The van der Waals surface area contributed by atoms with Gasteiger partial charge in [-0.1, -0.05) is 104 Å². The zero-order valence-electron chi connectivity index (χ0n) is 16.5. The highest BCUT2D eigenvalue weighted by molar-refractivity contribution is 4.49. The molecule has 0 aliphatic rings. The number of aliphatic hydroxyl groups is 2. The van der Waals surface area contributed by atoms with Crippen LogP contribution in [0.3, 0.4) is 0 Å². The van der Waals surface area contributed by atoms with E-state index >= 15 is 0 Å². The number of hydrogen-bond acceptors (Lipinski definition) is 2. The molecule has 0 bridgehead atoms. The zero-order valence-corrected chi connectivity index (χ0v) is 16.5. The van der Waals surface area contributed by atoms with E-state index in [1.54, 1.807) is 0 Å². The van der Waals surface area contributed by atoms with Crippen LogP contribution < -0.4 is 0 Å². The highest BCUT2D eigenvalue weighted by Crippen LogP contribution is 2.12. The predicted molar refractivity (Wildman–Crippen MR) is 104 cm³/mol. The quantitative estimate of drug-likeness (QED) is 0.318. The van der Waals surface area contributed by atoms with E-state index in [0.717, 1.165) is 18.8 Å². The summed E-state index contributed by atoms with van der Waals surface area (Å²) in [5.41, 5.74) is 0. The van der Waals surface area contributed by atoms with Crippen LogP contribution in [0.25, 0.3) is 0 Å². The summed E-state index contributed by atoms with van der Waals surface area (Å²) in [7, 11) is 0. The highest BCUT2D eigenvalue weighted by atomic mass is 16.3. The maximum Gasteiger partial charge on any atom is 0.0431 e. The van der Waals surface area contributed by atoms with Gasteiger partial charge < -0.3 is 10.2 Å². The lowest BCUT2D eigenvalue weighted by molar-refractivity contribution is 0.282. The molecule has 0 radical (unpaired) electrons. The van der Waals surface area contributed by atoms with E-state index in [1.165, 1.54) is 83.5 Å². The van der Waals surface area contributed by atoms with Gasteiger partial charge in [0.1, 0.15) is 0 Å². The number of aliphatic hydroxyl groups excluding tert-OH is 2. The summed E-state index contributed by atoms with van der Waals surface area (Å²) in [4.78, 5) is 0. The topological polar surface area (TPSA) is 40.5 Å². The first-order valence-electron chi connectivity index (χ1n) is 10.4. The summed E-state index contributed by atoms with van der Waals surface area (Å²) in [6.07, 6.45) is 19.4. The van der Waals surface area contributed by atoms with Crippen molar-refractivity contribution in [1.82, 2.24) is 0 Å². The summed E-state index contributed by atoms with van der Waals surface area (Å²) in [6, 6.07) is 0. The van der Waals surface area contributed by atoms with Crippen molar-refractivity contribution in [3.63, 3.8) is 0 Å². The van der Waals surface area contributed by atoms with Crippen molar-refractivity contribution in [2.24, 2.45) is 5.92 Å². The molecule has 0 spiro atoms. The van der Waals surface area contributed by atoms with Gasteiger partial charge in [0.05, 0.1) is 0 Å². The summed E-state index contributed by atoms with van der Waals surface area (Å²) in [6.45, 7) is 7.55. The van der Waals surface area contributed by atoms with Crippen molar-refractivity contribution in [3.05, 3.63) is 0 Å². The van der Waals surface area contributed by atoms with E-state index < -0.39 is 0 Å². The average Bonchev–Trinajstić information content (AvgIpc) is 2.54. The SMILES string of the molecule is CC(C)CCCCCCCCCCO.CCCCCCCCO. The minimum absolute atomic E-state index is 0.367. The van der Waals surface area contributed by atoms with E-state index in [1.807, 2.05) is 0 Å². The molecule has 0 saturated heterocycles. The first-order valence-corrected chi connectivity index (χ1v) is 10.4. The lowest BCUT2D eigenvalue weighted by Crippen LogP contribution is -1.87. The molecule has 0 amide bonds. The second kappa shape index (κ2) is 24.2. The molecule has 23 heavy (non-hydrogen) atoms. The molecule has 2 nitrogen and oxygen atoms in total. The molecule has 0 aliphatic heterocycles. The van der Waals surface area contributed by atoms with Crippen LogP contribution in [-0.4, -0.2) is 23.4 Å². The van der Waals surface area contributed by atoms with E-state index in [0.29, 0.717) is 13.2 Å². The van der Waals surface area contributed by atoms with Gasteiger partial charge in [-0.25, -0.2) is 0 Å². The van der Waals surface area contributed by atoms with Gasteiger partial charge in [0.15, 0.2) is 0 Å². The van der Waals surface area contributed by atoms with Crippen molar-refractivity contribution >= 4 is 0 Å². The Morgan fingerprint density at radius 1 is 0.522 bits per heavy atom. The van der Waals surface area contributed by atoms with Crippen molar-refractivity contribution in [3.8, 4) is 0 Å². The summed E-state index contributed by atoms with van der Waals surface area (Å²) >= 11 is 0. The molecule has 0 heterocycles. The normalized spacial score (nSPS) is 10.7. The van der Waals surface area contributed by atoms with Gasteiger partial charge in [-0.3, -0.25) is 0 Å². The highest BCUT2D eigenvalue weighted by Gasteiger charge is 1.94. The first-order chi connectivity index (χ1) is 11.2. The van der Waals surface area contributed by atoms with E-state index in [2.05, 4.69) is 20.8 Å². The third kappa shape index (κ3) is 30.4. The molecule has 0 aromatic rings. The van der Waals surface area contributed by atoms with Crippen molar-refractivity contribution < 1.29 is 10.2 Å². The van der Waals surface area contributed by atoms with Crippen molar-refractivity contribution in [1.29, 1.82) is 0 Å². The van der Waals surface area contributed by atoms with Crippen molar-refractivity contribution in [2.45, 2.75) is 117 Å². The molecule has 2 heteroatoms. The summed E-state index contributed by atoms with van der Waals surface area (Å²) in [5.74, 6) is 0.875. The Morgan fingerprint density at radius 2 is 0.870 bits per heavy atom. The average molecular weight is 331 g/mol. The van der Waals surface area contributed by atoms with Gasteiger partial charge in [0, 0.05) is 13.2 Å². The Kier molecular flexibility index (Phi) is 26.5. The van der Waals surface area contributed by atoms with Crippen LogP contribution in [0.4, 0.5) is 0 Å². The maximum absolute atomic E-state index is 8.59. The van der Waals surface area contributed by atoms with Gasteiger partial charge in [0.2, 0.25) is 0 Å². The standard InChI is InChI=1S/C13H28O.C8H18O/c1-13(2)11-9-7-5-3-4-6-8-10-12-14;1-2-3-4-5-6-7-8-9/h13-14H,3-12H2,1-2H3;9H,2-8H2,1H3. The second-order valence-corrected chi connectivity index (χ2v) is 7.23. The van der Waals surface area contributed by atoms with Crippen LogP contribution in [0, 0.1) is 5.92 Å². The van der Waals surface area contributed by atoms with Gasteiger partial charge >= 0.3 is 0 Å². The fraction of sp³-hybridized carbons (Fsp3) is 1.00. The molecule has 0 aromatic heterocycles. The van der Waals surface area contributed by atoms with Crippen LogP contribution in [0.5, 0.6) is 0 Å². The fourth-order valence-corrected chi connectivity index (χ4v) is 2.62. The summed E-state index contributed by atoms with van der Waals surface area (Å²) < 4.78 is 0. The van der Waals surface area contributed by atoms with Gasteiger partial charge in [-0.15, -0.1) is 0 Å². The third-order valence-corrected chi connectivity index (χ3v) is 4.20. The lowest BCUT2D eigenvalue weighted by atomic mass is 10.0. The Bertz CT molecular complexity index is 175. The molecule has 0 unspecified atom stereocenters.